The molecule has 2 aromatic carbocycles. The largest absolute Gasteiger partial charge is 0.497 e. The molecule has 0 fully saturated rings. The number of carbonyl (C=O) groups is 1. The quantitative estimate of drug-likeness (QED) is 0.453. The zero-order chi connectivity index (χ0) is 20.1. The van der Waals surface area contributed by atoms with Crippen LogP contribution < -0.4 is 9.64 Å². The fraction of sp³-hybridized carbons (Fsp3) is 0.0870. The normalized spacial score (nSPS) is 10.5. The van der Waals surface area contributed by atoms with Gasteiger partial charge in [-0.15, -0.1) is 11.3 Å². The Balaban J connectivity index is 1.67. The Hall–Kier alpha value is -3.51. The number of thiazole rings is 1. The first kappa shape index (κ1) is 18.8. The standard InChI is InChI=1S/C23H19N3O2S/c1-28-20-9-7-18(8-10-20)21-16-29-23(25-21)26(15-17-5-3-2-4-6-17)22(27)19-11-13-24-14-12-19/h2-14,16H,15H2,1H3. The first-order chi connectivity index (χ1) is 14.2. The number of rotatable bonds is 6. The highest BCUT2D eigenvalue weighted by molar-refractivity contribution is 7.14. The molecule has 0 atom stereocenters. The topological polar surface area (TPSA) is 55.3 Å². The second-order valence-electron chi connectivity index (χ2n) is 6.36. The lowest BCUT2D eigenvalue weighted by molar-refractivity contribution is 0.0985. The van der Waals surface area contributed by atoms with Crippen molar-refractivity contribution in [2.75, 3.05) is 12.0 Å². The molecule has 5 nitrogen and oxygen atoms in total. The highest BCUT2D eigenvalue weighted by Crippen LogP contribution is 2.30. The van der Waals surface area contributed by atoms with Gasteiger partial charge in [0.05, 0.1) is 19.3 Å². The van der Waals surface area contributed by atoms with E-state index in [2.05, 4.69) is 4.98 Å². The number of methoxy groups -OCH3 is 1. The van der Waals surface area contributed by atoms with Crippen molar-refractivity contribution >= 4 is 22.4 Å². The van der Waals surface area contributed by atoms with Gasteiger partial charge in [-0.05, 0) is 42.0 Å². The second-order valence-corrected chi connectivity index (χ2v) is 7.19. The zero-order valence-electron chi connectivity index (χ0n) is 15.9. The van der Waals surface area contributed by atoms with E-state index in [0.717, 1.165) is 22.6 Å². The molecule has 1 amide bonds. The summed E-state index contributed by atoms with van der Waals surface area (Å²) in [6, 6.07) is 21.1. The number of ether oxygens (including phenoxy) is 1. The summed E-state index contributed by atoms with van der Waals surface area (Å²) in [5.74, 6) is 0.689. The van der Waals surface area contributed by atoms with Crippen LogP contribution >= 0.6 is 11.3 Å². The van der Waals surface area contributed by atoms with Crippen molar-refractivity contribution in [3.05, 3.63) is 95.6 Å². The van der Waals surface area contributed by atoms with Gasteiger partial charge in [0.2, 0.25) is 0 Å². The number of hydrogen-bond donors (Lipinski definition) is 0. The summed E-state index contributed by atoms with van der Waals surface area (Å²) in [5.41, 5.74) is 3.42. The summed E-state index contributed by atoms with van der Waals surface area (Å²) in [6.45, 7) is 0.442. The summed E-state index contributed by atoms with van der Waals surface area (Å²) in [5, 5.41) is 2.62. The molecule has 0 bridgehead atoms. The highest BCUT2D eigenvalue weighted by atomic mass is 32.1. The molecule has 2 heterocycles. The van der Waals surface area contributed by atoms with Gasteiger partial charge in [-0.1, -0.05) is 30.3 Å². The number of benzene rings is 2. The average molecular weight is 401 g/mol. The van der Waals surface area contributed by atoms with Crippen LogP contribution in [0.25, 0.3) is 11.3 Å². The first-order valence-corrected chi connectivity index (χ1v) is 9.98. The van der Waals surface area contributed by atoms with Crippen LogP contribution in [0.4, 0.5) is 5.13 Å². The Labute approximate surface area is 173 Å². The number of hydrogen-bond acceptors (Lipinski definition) is 5. The van der Waals surface area contributed by atoms with Crippen LogP contribution in [0.1, 0.15) is 15.9 Å². The Morgan fingerprint density at radius 1 is 1.00 bits per heavy atom. The van der Waals surface area contributed by atoms with Crippen LogP contribution in [-0.4, -0.2) is 23.0 Å². The maximum absolute atomic E-state index is 13.2. The molecular weight excluding hydrogens is 382 g/mol. The van der Waals surface area contributed by atoms with Crippen molar-refractivity contribution in [3.8, 4) is 17.0 Å². The molecule has 0 saturated carbocycles. The molecule has 0 saturated heterocycles. The van der Waals surface area contributed by atoms with Gasteiger partial charge in [0.1, 0.15) is 5.75 Å². The Kier molecular flexibility index (Phi) is 5.63. The van der Waals surface area contributed by atoms with Gasteiger partial charge in [-0.2, -0.15) is 0 Å². The monoisotopic (exact) mass is 401 g/mol. The predicted octanol–water partition coefficient (Wildman–Crippen LogP) is 5.06. The van der Waals surface area contributed by atoms with E-state index in [1.807, 2.05) is 60.0 Å². The zero-order valence-corrected chi connectivity index (χ0v) is 16.7. The number of aromatic nitrogens is 2. The Morgan fingerprint density at radius 3 is 2.41 bits per heavy atom. The molecule has 0 aliphatic rings. The van der Waals surface area contributed by atoms with Crippen LogP contribution in [0.5, 0.6) is 5.75 Å². The maximum Gasteiger partial charge on any atom is 0.260 e. The van der Waals surface area contributed by atoms with Gasteiger partial charge in [-0.25, -0.2) is 4.98 Å². The third kappa shape index (κ3) is 4.33. The average Bonchev–Trinajstić information content (AvgIpc) is 3.28. The third-order valence-electron chi connectivity index (χ3n) is 4.46. The number of amides is 1. The SMILES string of the molecule is COc1ccc(-c2csc(N(Cc3ccccc3)C(=O)c3ccncc3)n2)cc1. The van der Waals surface area contributed by atoms with Gasteiger partial charge in [0.15, 0.2) is 5.13 Å². The molecule has 0 aliphatic heterocycles. The smallest absolute Gasteiger partial charge is 0.260 e. The minimum Gasteiger partial charge on any atom is -0.497 e. The lowest BCUT2D eigenvalue weighted by Gasteiger charge is -2.20. The minimum atomic E-state index is -0.105. The first-order valence-electron chi connectivity index (χ1n) is 9.10. The van der Waals surface area contributed by atoms with E-state index in [1.54, 1.807) is 36.5 Å². The molecule has 2 aromatic heterocycles. The van der Waals surface area contributed by atoms with Gasteiger partial charge < -0.3 is 4.74 Å². The molecule has 0 N–H and O–H groups in total. The van der Waals surface area contributed by atoms with E-state index in [0.29, 0.717) is 17.2 Å². The van der Waals surface area contributed by atoms with Crippen molar-refractivity contribution < 1.29 is 9.53 Å². The van der Waals surface area contributed by atoms with Crippen LogP contribution in [-0.2, 0) is 6.54 Å². The van der Waals surface area contributed by atoms with Gasteiger partial charge >= 0.3 is 0 Å². The molecule has 0 spiro atoms. The van der Waals surface area contributed by atoms with E-state index < -0.39 is 0 Å². The van der Waals surface area contributed by atoms with Crippen LogP contribution in [0, 0.1) is 0 Å². The van der Waals surface area contributed by atoms with Gasteiger partial charge in [0, 0.05) is 28.9 Å². The lowest BCUT2D eigenvalue weighted by atomic mass is 10.2. The van der Waals surface area contributed by atoms with Gasteiger partial charge in [0.25, 0.3) is 5.91 Å². The van der Waals surface area contributed by atoms with Crippen LogP contribution in [0.3, 0.4) is 0 Å². The minimum absolute atomic E-state index is 0.105. The predicted molar refractivity (Wildman–Crippen MR) is 115 cm³/mol. The summed E-state index contributed by atoms with van der Waals surface area (Å²) in [6.07, 6.45) is 3.25. The van der Waals surface area contributed by atoms with Crippen molar-refractivity contribution in [3.63, 3.8) is 0 Å². The van der Waals surface area contributed by atoms with Crippen molar-refractivity contribution in [1.29, 1.82) is 0 Å². The highest BCUT2D eigenvalue weighted by Gasteiger charge is 2.21. The van der Waals surface area contributed by atoms with Crippen molar-refractivity contribution in [2.45, 2.75) is 6.54 Å². The second kappa shape index (κ2) is 8.67. The number of anilines is 1. The van der Waals surface area contributed by atoms with E-state index in [9.17, 15) is 4.79 Å². The fourth-order valence-electron chi connectivity index (χ4n) is 2.93. The van der Waals surface area contributed by atoms with E-state index in [1.165, 1.54) is 11.3 Å². The molecule has 29 heavy (non-hydrogen) atoms. The summed E-state index contributed by atoms with van der Waals surface area (Å²) < 4.78 is 5.22. The molecule has 4 rings (SSSR count). The molecule has 4 aromatic rings. The van der Waals surface area contributed by atoms with Crippen LogP contribution in [0.15, 0.2) is 84.5 Å². The molecule has 0 aliphatic carbocycles. The number of nitrogens with zero attached hydrogens (tertiary/aromatic N) is 3. The summed E-state index contributed by atoms with van der Waals surface area (Å²) in [7, 11) is 1.64. The fourth-order valence-corrected chi connectivity index (χ4v) is 3.76. The number of pyridine rings is 1. The molecule has 0 unspecified atom stereocenters. The van der Waals surface area contributed by atoms with E-state index >= 15 is 0 Å². The van der Waals surface area contributed by atoms with E-state index in [-0.39, 0.29) is 5.91 Å². The summed E-state index contributed by atoms with van der Waals surface area (Å²) >= 11 is 1.45. The molecular formula is C23H19N3O2S. The third-order valence-corrected chi connectivity index (χ3v) is 5.33. The molecule has 144 valence electrons. The number of carbonyl (C=O) groups excluding carboxylic acids is 1. The molecule has 6 heteroatoms. The summed E-state index contributed by atoms with van der Waals surface area (Å²) in [4.78, 5) is 23.7. The van der Waals surface area contributed by atoms with E-state index in [4.69, 9.17) is 9.72 Å². The maximum atomic E-state index is 13.2. The van der Waals surface area contributed by atoms with Crippen molar-refractivity contribution in [2.24, 2.45) is 0 Å². The van der Waals surface area contributed by atoms with Crippen LogP contribution in [0.2, 0.25) is 0 Å². The Bertz CT molecular complexity index is 1080. The lowest BCUT2D eigenvalue weighted by Crippen LogP contribution is -2.30. The van der Waals surface area contributed by atoms with Crippen molar-refractivity contribution in [1.82, 2.24) is 9.97 Å². The molecule has 0 radical (unpaired) electrons. The Morgan fingerprint density at radius 2 is 1.72 bits per heavy atom. The van der Waals surface area contributed by atoms with Gasteiger partial charge in [-0.3, -0.25) is 14.7 Å².